The zero-order valence-corrected chi connectivity index (χ0v) is 12.3. The van der Waals surface area contributed by atoms with E-state index >= 15 is 0 Å². The van der Waals surface area contributed by atoms with E-state index in [0.717, 1.165) is 12.2 Å². The summed E-state index contributed by atoms with van der Waals surface area (Å²) in [5.74, 6) is 0. The highest BCUT2D eigenvalue weighted by atomic mass is 15.2. The van der Waals surface area contributed by atoms with Crippen molar-refractivity contribution < 1.29 is 0 Å². The lowest BCUT2D eigenvalue weighted by Crippen LogP contribution is -2.23. The summed E-state index contributed by atoms with van der Waals surface area (Å²) in [4.78, 5) is 2.55. The Morgan fingerprint density at radius 1 is 1.05 bits per heavy atom. The summed E-state index contributed by atoms with van der Waals surface area (Å²) in [6.45, 7) is 5.55. The Kier molecular flexibility index (Phi) is 3.39. The molecule has 2 nitrogen and oxygen atoms in total. The molecule has 1 fully saturated rings. The number of rotatable bonds is 2. The van der Waals surface area contributed by atoms with Crippen molar-refractivity contribution >= 4 is 11.4 Å². The monoisotopic (exact) mass is 266 g/mol. The van der Waals surface area contributed by atoms with Crippen LogP contribution in [0.25, 0.3) is 0 Å². The van der Waals surface area contributed by atoms with Gasteiger partial charge in [-0.15, -0.1) is 0 Å². The van der Waals surface area contributed by atoms with Crippen LogP contribution in [0.4, 0.5) is 11.4 Å². The van der Waals surface area contributed by atoms with Crippen molar-refractivity contribution in [2.24, 2.45) is 0 Å². The van der Waals surface area contributed by atoms with Gasteiger partial charge in [0.15, 0.2) is 0 Å². The molecule has 104 valence electrons. The predicted octanol–water partition coefficient (Wildman–Crippen LogP) is 4.23. The third kappa shape index (κ3) is 2.26. The van der Waals surface area contributed by atoms with Gasteiger partial charge >= 0.3 is 0 Å². The molecule has 2 N–H and O–H groups in total. The summed E-state index contributed by atoms with van der Waals surface area (Å²) in [7, 11) is 0. The highest BCUT2D eigenvalue weighted by molar-refractivity contribution is 5.58. The van der Waals surface area contributed by atoms with Crippen molar-refractivity contribution in [2.45, 2.75) is 32.7 Å². The van der Waals surface area contributed by atoms with Gasteiger partial charge in [0.1, 0.15) is 0 Å². The maximum Gasteiger partial charge on any atom is 0.0543 e. The van der Waals surface area contributed by atoms with E-state index in [2.05, 4.69) is 49.1 Å². The molecule has 1 aliphatic heterocycles. The molecule has 3 rings (SSSR count). The van der Waals surface area contributed by atoms with E-state index in [0.29, 0.717) is 6.04 Å². The number of nitrogens with two attached hydrogens (primary N) is 1. The minimum absolute atomic E-state index is 0.482. The minimum Gasteiger partial charge on any atom is -0.399 e. The summed E-state index contributed by atoms with van der Waals surface area (Å²) in [6.07, 6.45) is 2.47. The van der Waals surface area contributed by atoms with Gasteiger partial charge in [-0.2, -0.15) is 0 Å². The van der Waals surface area contributed by atoms with E-state index in [1.54, 1.807) is 0 Å². The van der Waals surface area contributed by atoms with Gasteiger partial charge in [-0.3, -0.25) is 0 Å². The van der Waals surface area contributed by atoms with Crippen LogP contribution >= 0.6 is 0 Å². The second kappa shape index (κ2) is 5.20. The van der Waals surface area contributed by atoms with Crippen molar-refractivity contribution in [1.82, 2.24) is 0 Å². The molecule has 0 radical (unpaired) electrons. The Bertz CT molecular complexity index is 601. The van der Waals surface area contributed by atoms with Gasteiger partial charge in [0, 0.05) is 17.9 Å². The number of nitrogens with zero attached hydrogens (tertiary/aromatic N) is 1. The largest absolute Gasteiger partial charge is 0.399 e. The van der Waals surface area contributed by atoms with Gasteiger partial charge in [-0.25, -0.2) is 0 Å². The summed E-state index contributed by atoms with van der Waals surface area (Å²) < 4.78 is 0. The SMILES string of the molecule is Cc1cccc(N2CCCC2c2ccc(N)cc2)c1C. The first kappa shape index (κ1) is 13.0. The van der Waals surface area contributed by atoms with Crippen LogP contribution in [0.15, 0.2) is 42.5 Å². The summed E-state index contributed by atoms with van der Waals surface area (Å²) in [6, 6.07) is 15.4. The maximum absolute atomic E-state index is 5.80. The molecule has 1 heterocycles. The molecule has 1 aliphatic rings. The minimum atomic E-state index is 0.482. The lowest BCUT2D eigenvalue weighted by atomic mass is 10.0. The third-order valence-corrected chi connectivity index (χ3v) is 4.46. The highest BCUT2D eigenvalue weighted by Gasteiger charge is 2.27. The molecule has 0 aromatic heterocycles. The first-order valence-electron chi connectivity index (χ1n) is 7.35. The van der Waals surface area contributed by atoms with Gasteiger partial charge in [0.25, 0.3) is 0 Å². The van der Waals surface area contributed by atoms with E-state index < -0.39 is 0 Å². The number of anilines is 2. The molecule has 0 saturated carbocycles. The lowest BCUT2D eigenvalue weighted by Gasteiger charge is -2.29. The summed E-state index contributed by atoms with van der Waals surface area (Å²) >= 11 is 0. The number of benzene rings is 2. The van der Waals surface area contributed by atoms with Crippen LogP contribution in [-0.4, -0.2) is 6.54 Å². The Balaban J connectivity index is 1.96. The maximum atomic E-state index is 5.80. The van der Waals surface area contributed by atoms with Crippen molar-refractivity contribution in [1.29, 1.82) is 0 Å². The molecule has 1 atom stereocenters. The van der Waals surface area contributed by atoms with Gasteiger partial charge in [0.05, 0.1) is 6.04 Å². The van der Waals surface area contributed by atoms with Gasteiger partial charge in [-0.05, 0) is 61.6 Å². The lowest BCUT2D eigenvalue weighted by molar-refractivity contribution is 0.717. The molecule has 1 unspecified atom stereocenters. The second-order valence-corrected chi connectivity index (χ2v) is 5.74. The average Bonchev–Trinajstić information content (AvgIpc) is 2.92. The number of hydrogen-bond donors (Lipinski definition) is 1. The van der Waals surface area contributed by atoms with Crippen LogP contribution in [0.2, 0.25) is 0 Å². The van der Waals surface area contributed by atoms with Crippen LogP contribution in [0.3, 0.4) is 0 Å². The van der Waals surface area contributed by atoms with Crippen molar-refractivity contribution in [3.8, 4) is 0 Å². The fourth-order valence-electron chi connectivity index (χ4n) is 3.17. The van der Waals surface area contributed by atoms with Crippen molar-refractivity contribution in [3.05, 3.63) is 59.2 Å². The van der Waals surface area contributed by atoms with E-state index in [1.807, 2.05) is 12.1 Å². The predicted molar refractivity (Wildman–Crippen MR) is 86.1 cm³/mol. The fourth-order valence-corrected chi connectivity index (χ4v) is 3.17. The molecular weight excluding hydrogens is 244 g/mol. The summed E-state index contributed by atoms with van der Waals surface area (Å²) in [5, 5.41) is 0. The normalized spacial score (nSPS) is 18.5. The Labute approximate surface area is 121 Å². The van der Waals surface area contributed by atoms with Crippen LogP contribution in [0.5, 0.6) is 0 Å². The zero-order valence-electron chi connectivity index (χ0n) is 12.3. The first-order chi connectivity index (χ1) is 9.66. The number of hydrogen-bond acceptors (Lipinski definition) is 2. The van der Waals surface area contributed by atoms with E-state index in [9.17, 15) is 0 Å². The highest BCUT2D eigenvalue weighted by Crippen LogP contribution is 2.38. The van der Waals surface area contributed by atoms with E-state index in [-0.39, 0.29) is 0 Å². The van der Waals surface area contributed by atoms with E-state index in [4.69, 9.17) is 5.73 Å². The quantitative estimate of drug-likeness (QED) is 0.824. The Hall–Kier alpha value is -1.96. The molecule has 0 bridgehead atoms. The van der Waals surface area contributed by atoms with Crippen LogP contribution in [0, 0.1) is 13.8 Å². The van der Waals surface area contributed by atoms with Crippen molar-refractivity contribution in [3.63, 3.8) is 0 Å². The molecule has 0 amide bonds. The Morgan fingerprint density at radius 3 is 2.55 bits per heavy atom. The second-order valence-electron chi connectivity index (χ2n) is 5.74. The van der Waals surface area contributed by atoms with Crippen LogP contribution < -0.4 is 10.6 Å². The van der Waals surface area contributed by atoms with E-state index in [1.165, 1.54) is 35.2 Å². The number of aryl methyl sites for hydroxylation is 1. The molecule has 0 spiro atoms. The standard InChI is InChI=1S/C18H22N2/c1-13-5-3-6-17(14(13)2)20-12-4-7-18(20)15-8-10-16(19)11-9-15/h3,5-6,8-11,18H,4,7,12,19H2,1-2H3. The average molecular weight is 266 g/mol. The Morgan fingerprint density at radius 2 is 1.80 bits per heavy atom. The van der Waals surface area contributed by atoms with Gasteiger partial charge < -0.3 is 10.6 Å². The fraction of sp³-hybridized carbons (Fsp3) is 0.333. The molecule has 20 heavy (non-hydrogen) atoms. The molecule has 1 saturated heterocycles. The molecular formula is C18H22N2. The first-order valence-corrected chi connectivity index (χ1v) is 7.35. The van der Waals surface area contributed by atoms with Crippen molar-refractivity contribution in [2.75, 3.05) is 17.2 Å². The molecule has 0 aliphatic carbocycles. The van der Waals surface area contributed by atoms with Gasteiger partial charge in [0.2, 0.25) is 0 Å². The molecule has 2 aromatic carbocycles. The smallest absolute Gasteiger partial charge is 0.0543 e. The van der Waals surface area contributed by atoms with Crippen LogP contribution in [0.1, 0.15) is 35.6 Å². The van der Waals surface area contributed by atoms with Gasteiger partial charge in [-0.1, -0.05) is 24.3 Å². The summed E-state index contributed by atoms with van der Waals surface area (Å²) in [5.41, 5.74) is 12.2. The molecule has 2 heteroatoms. The van der Waals surface area contributed by atoms with Crippen LogP contribution in [-0.2, 0) is 0 Å². The third-order valence-electron chi connectivity index (χ3n) is 4.46. The molecule has 2 aromatic rings. The number of nitrogen functional groups attached to an aromatic ring is 1. The topological polar surface area (TPSA) is 29.3 Å². The zero-order chi connectivity index (χ0) is 14.1.